The first kappa shape index (κ1) is 11.3. The molecule has 0 aliphatic heterocycles. The Balaban J connectivity index is 1.58. The molecule has 2 aliphatic carbocycles. The van der Waals surface area contributed by atoms with Crippen LogP contribution >= 0.6 is 0 Å². The molecule has 18 heavy (non-hydrogen) atoms. The van der Waals surface area contributed by atoms with Crippen LogP contribution in [0.25, 0.3) is 0 Å². The number of carbonyl (C=O) groups is 2. The standard InChI is InChI=1S/C14H15NO3/c16-12(14(5-6-14)13(17)18)15-8-10-7-9-3-1-2-4-11(9)10/h1-4,10H,5-8H2,(H,15,16)(H,17,18)/t10-/m0/s1. The molecule has 1 atom stereocenters. The third-order valence-electron chi connectivity index (χ3n) is 4.06. The van der Waals surface area contributed by atoms with E-state index in [1.54, 1.807) is 0 Å². The minimum Gasteiger partial charge on any atom is -0.480 e. The first-order valence-corrected chi connectivity index (χ1v) is 6.23. The minimum atomic E-state index is -1.12. The SMILES string of the molecule is O=C(O)C1(C(=O)NC[C@@H]2Cc3ccccc32)CC1. The Morgan fingerprint density at radius 1 is 1.33 bits per heavy atom. The maximum Gasteiger partial charge on any atom is 0.319 e. The lowest BCUT2D eigenvalue weighted by Gasteiger charge is -2.30. The van der Waals surface area contributed by atoms with E-state index in [1.807, 2.05) is 12.1 Å². The van der Waals surface area contributed by atoms with Crippen molar-refractivity contribution in [1.82, 2.24) is 5.32 Å². The van der Waals surface area contributed by atoms with E-state index in [4.69, 9.17) is 5.11 Å². The predicted octanol–water partition coefficient (Wildman–Crippen LogP) is 1.31. The fraction of sp³-hybridized carbons (Fsp3) is 0.429. The van der Waals surface area contributed by atoms with E-state index < -0.39 is 11.4 Å². The highest BCUT2D eigenvalue weighted by molar-refractivity contribution is 6.04. The van der Waals surface area contributed by atoms with E-state index in [9.17, 15) is 9.59 Å². The lowest BCUT2D eigenvalue weighted by atomic mass is 9.77. The third-order valence-corrected chi connectivity index (χ3v) is 4.06. The highest BCUT2D eigenvalue weighted by Gasteiger charge is 2.57. The van der Waals surface area contributed by atoms with Crippen molar-refractivity contribution in [2.75, 3.05) is 6.54 Å². The molecule has 0 saturated heterocycles. The van der Waals surface area contributed by atoms with Gasteiger partial charge in [0.1, 0.15) is 5.41 Å². The number of benzene rings is 1. The molecule has 1 aromatic carbocycles. The van der Waals surface area contributed by atoms with Gasteiger partial charge in [-0.2, -0.15) is 0 Å². The predicted molar refractivity (Wildman–Crippen MR) is 65.2 cm³/mol. The molecule has 0 aromatic heterocycles. The number of fused-ring (bicyclic) bond motifs is 1. The van der Waals surface area contributed by atoms with Gasteiger partial charge in [-0.1, -0.05) is 24.3 Å². The Morgan fingerprint density at radius 3 is 2.67 bits per heavy atom. The van der Waals surface area contributed by atoms with Crippen molar-refractivity contribution in [3.8, 4) is 0 Å². The molecular weight excluding hydrogens is 230 g/mol. The van der Waals surface area contributed by atoms with Crippen molar-refractivity contribution in [2.45, 2.75) is 25.2 Å². The highest BCUT2D eigenvalue weighted by atomic mass is 16.4. The van der Waals surface area contributed by atoms with Gasteiger partial charge in [0.05, 0.1) is 0 Å². The third kappa shape index (κ3) is 1.60. The summed E-state index contributed by atoms with van der Waals surface area (Å²) in [5, 5.41) is 11.8. The van der Waals surface area contributed by atoms with Crippen LogP contribution in [-0.4, -0.2) is 23.5 Å². The molecule has 0 heterocycles. The van der Waals surface area contributed by atoms with Crippen molar-refractivity contribution >= 4 is 11.9 Å². The topological polar surface area (TPSA) is 66.4 Å². The van der Waals surface area contributed by atoms with Crippen LogP contribution in [0.3, 0.4) is 0 Å². The van der Waals surface area contributed by atoms with Crippen molar-refractivity contribution in [1.29, 1.82) is 0 Å². The number of hydrogen-bond donors (Lipinski definition) is 2. The van der Waals surface area contributed by atoms with Crippen molar-refractivity contribution in [2.24, 2.45) is 5.41 Å². The zero-order valence-corrected chi connectivity index (χ0v) is 9.98. The number of carboxylic acid groups (broad SMARTS) is 1. The van der Waals surface area contributed by atoms with E-state index in [1.165, 1.54) is 11.1 Å². The Morgan fingerprint density at radius 2 is 2.06 bits per heavy atom. The number of aliphatic carboxylic acids is 1. The number of amides is 1. The summed E-state index contributed by atoms with van der Waals surface area (Å²) < 4.78 is 0. The summed E-state index contributed by atoms with van der Waals surface area (Å²) in [5.41, 5.74) is 1.48. The number of carbonyl (C=O) groups excluding carboxylic acids is 1. The fourth-order valence-corrected chi connectivity index (χ4v) is 2.59. The molecule has 0 spiro atoms. The van der Waals surface area contributed by atoms with E-state index in [2.05, 4.69) is 17.4 Å². The molecule has 0 bridgehead atoms. The summed E-state index contributed by atoms with van der Waals surface area (Å²) in [4.78, 5) is 22.8. The summed E-state index contributed by atoms with van der Waals surface area (Å²) in [6, 6.07) is 8.16. The number of hydrogen-bond acceptors (Lipinski definition) is 2. The van der Waals surface area contributed by atoms with Crippen LogP contribution < -0.4 is 5.32 Å². The van der Waals surface area contributed by atoms with E-state index in [-0.39, 0.29) is 5.91 Å². The zero-order valence-electron chi connectivity index (χ0n) is 9.98. The van der Waals surface area contributed by atoms with Crippen molar-refractivity contribution in [3.63, 3.8) is 0 Å². The molecule has 2 N–H and O–H groups in total. The second-order valence-electron chi connectivity index (χ2n) is 5.20. The largest absolute Gasteiger partial charge is 0.480 e. The molecule has 94 valence electrons. The monoisotopic (exact) mass is 245 g/mol. The van der Waals surface area contributed by atoms with Crippen LogP contribution in [0.2, 0.25) is 0 Å². The Bertz CT molecular complexity index is 520. The van der Waals surface area contributed by atoms with Crippen LogP contribution in [0.5, 0.6) is 0 Å². The molecule has 1 saturated carbocycles. The quantitative estimate of drug-likeness (QED) is 0.786. The molecule has 4 heteroatoms. The second-order valence-corrected chi connectivity index (χ2v) is 5.20. The second kappa shape index (κ2) is 3.83. The number of nitrogens with one attached hydrogen (secondary N) is 1. The average molecular weight is 245 g/mol. The molecule has 0 unspecified atom stereocenters. The molecule has 0 radical (unpaired) electrons. The van der Waals surface area contributed by atoms with Gasteiger partial charge in [0.25, 0.3) is 0 Å². The first-order valence-electron chi connectivity index (χ1n) is 6.23. The summed E-state index contributed by atoms with van der Waals surface area (Å²) in [6.45, 7) is 0.547. The van der Waals surface area contributed by atoms with Gasteiger partial charge in [0, 0.05) is 12.5 Å². The van der Waals surface area contributed by atoms with Gasteiger partial charge < -0.3 is 10.4 Å². The van der Waals surface area contributed by atoms with E-state index in [0.717, 1.165) is 6.42 Å². The molecule has 3 rings (SSSR count). The smallest absolute Gasteiger partial charge is 0.319 e. The summed E-state index contributed by atoms with van der Waals surface area (Å²) in [6.07, 6.45) is 1.90. The fourth-order valence-electron chi connectivity index (χ4n) is 2.59. The summed E-state index contributed by atoms with van der Waals surface area (Å²) in [7, 11) is 0. The number of carboxylic acids is 1. The molecule has 2 aliphatic rings. The summed E-state index contributed by atoms with van der Waals surface area (Å²) in [5.74, 6) is -0.969. The molecular formula is C14H15NO3. The first-order chi connectivity index (χ1) is 8.63. The molecule has 1 aromatic rings. The van der Waals surface area contributed by atoms with Gasteiger partial charge >= 0.3 is 5.97 Å². The van der Waals surface area contributed by atoms with Crippen LogP contribution in [-0.2, 0) is 16.0 Å². The van der Waals surface area contributed by atoms with Crippen molar-refractivity contribution in [3.05, 3.63) is 35.4 Å². The van der Waals surface area contributed by atoms with Crippen LogP contribution in [0, 0.1) is 5.41 Å². The number of rotatable bonds is 4. The minimum absolute atomic E-state index is 0.320. The Hall–Kier alpha value is -1.84. The van der Waals surface area contributed by atoms with Gasteiger partial charge in [-0.3, -0.25) is 9.59 Å². The lowest BCUT2D eigenvalue weighted by Crippen LogP contribution is -2.40. The average Bonchev–Trinajstić information content (AvgIpc) is 3.11. The van der Waals surface area contributed by atoms with Gasteiger partial charge in [-0.05, 0) is 30.4 Å². The Kier molecular flexibility index (Phi) is 2.40. The summed E-state index contributed by atoms with van der Waals surface area (Å²) >= 11 is 0. The Labute approximate surface area is 105 Å². The van der Waals surface area contributed by atoms with Crippen LogP contribution in [0.1, 0.15) is 29.9 Å². The maximum atomic E-state index is 11.8. The van der Waals surface area contributed by atoms with Crippen molar-refractivity contribution < 1.29 is 14.7 Å². The lowest BCUT2D eigenvalue weighted by molar-refractivity contribution is -0.149. The maximum absolute atomic E-state index is 11.8. The molecule has 1 fully saturated rings. The van der Waals surface area contributed by atoms with E-state index >= 15 is 0 Å². The van der Waals surface area contributed by atoms with Crippen LogP contribution in [0.15, 0.2) is 24.3 Å². The molecule has 4 nitrogen and oxygen atoms in total. The van der Waals surface area contributed by atoms with E-state index in [0.29, 0.717) is 25.3 Å². The van der Waals surface area contributed by atoms with Gasteiger partial charge in [0.2, 0.25) is 5.91 Å². The highest BCUT2D eigenvalue weighted by Crippen LogP contribution is 2.46. The van der Waals surface area contributed by atoms with Crippen LogP contribution in [0.4, 0.5) is 0 Å². The zero-order chi connectivity index (χ0) is 12.8. The normalized spacial score (nSPS) is 22.6. The van der Waals surface area contributed by atoms with Gasteiger partial charge in [-0.25, -0.2) is 0 Å². The molecule has 1 amide bonds. The van der Waals surface area contributed by atoms with Gasteiger partial charge in [0.15, 0.2) is 0 Å². The van der Waals surface area contributed by atoms with Gasteiger partial charge in [-0.15, -0.1) is 0 Å².